The van der Waals surface area contributed by atoms with E-state index in [2.05, 4.69) is 36.1 Å². The molecule has 4 nitrogen and oxygen atoms in total. The second kappa shape index (κ2) is 6.16. The molecule has 0 atom stereocenters. The zero-order chi connectivity index (χ0) is 14.8. The van der Waals surface area contributed by atoms with Crippen molar-refractivity contribution in [3.8, 4) is 0 Å². The summed E-state index contributed by atoms with van der Waals surface area (Å²) in [5, 5.41) is 6.02. The van der Waals surface area contributed by atoms with Crippen molar-refractivity contribution in [1.82, 2.24) is 14.7 Å². The van der Waals surface area contributed by atoms with Crippen molar-refractivity contribution < 1.29 is 0 Å². The van der Waals surface area contributed by atoms with Crippen LogP contribution in [0, 0.1) is 0 Å². The lowest BCUT2D eigenvalue weighted by Gasteiger charge is -2.35. The Labute approximate surface area is 126 Å². The van der Waals surface area contributed by atoms with Gasteiger partial charge >= 0.3 is 0 Å². The third-order valence-electron chi connectivity index (χ3n) is 4.85. The zero-order valence-corrected chi connectivity index (χ0v) is 13.1. The summed E-state index contributed by atoms with van der Waals surface area (Å²) in [6.45, 7) is 4.27. The molecular formula is C17H26N4. The minimum absolute atomic E-state index is 0.413. The van der Waals surface area contributed by atoms with Crippen LogP contribution in [0.5, 0.6) is 0 Å². The van der Waals surface area contributed by atoms with Gasteiger partial charge in [0.15, 0.2) is 0 Å². The maximum absolute atomic E-state index is 6.03. The first-order valence-corrected chi connectivity index (χ1v) is 8.09. The molecule has 1 aliphatic carbocycles. The maximum atomic E-state index is 6.03. The highest BCUT2D eigenvalue weighted by Gasteiger charge is 2.24. The van der Waals surface area contributed by atoms with Crippen LogP contribution in [0.1, 0.15) is 38.3 Å². The van der Waals surface area contributed by atoms with Crippen molar-refractivity contribution in [3.63, 3.8) is 0 Å². The van der Waals surface area contributed by atoms with E-state index in [1.807, 2.05) is 11.7 Å². The molecule has 0 aliphatic heterocycles. The van der Waals surface area contributed by atoms with Crippen molar-refractivity contribution in [1.29, 1.82) is 0 Å². The molecule has 0 radical (unpaired) electrons. The number of para-hydroxylation sites is 1. The molecule has 1 aliphatic rings. The normalized spacial score (nSPS) is 23.0. The number of hydrogen-bond donors (Lipinski definition) is 1. The molecule has 0 saturated heterocycles. The molecule has 1 aromatic carbocycles. The molecule has 0 unspecified atom stereocenters. The lowest BCUT2D eigenvalue weighted by Crippen LogP contribution is -2.40. The summed E-state index contributed by atoms with van der Waals surface area (Å²) in [6.07, 6.45) is 4.76. The summed E-state index contributed by atoms with van der Waals surface area (Å²) in [5.41, 5.74) is 8.45. The molecule has 114 valence electrons. The van der Waals surface area contributed by atoms with Crippen LogP contribution in [-0.2, 0) is 13.6 Å². The van der Waals surface area contributed by atoms with Crippen LogP contribution < -0.4 is 5.73 Å². The Morgan fingerprint density at radius 1 is 1.24 bits per heavy atom. The van der Waals surface area contributed by atoms with Gasteiger partial charge in [0.05, 0.1) is 11.2 Å². The summed E-state index contributed by atoms with van der Waals surface area (Å²) in [6, 6.07) is 9.58. The summed E-state index contributed by atoms with van der Waals surface area (Å²) >= 11 is 0. The molecule has 1 heterocycles. The fraction of sp³-hybridized carbons (Fsp3) is 0.588. The monoisotopic (exact) mass is 286 g/mol. The van der Waals surface area contributed by atoms with Gasteiger partial charge in [-0.2, -0.15) is 5.10 Å². The number of aromatic nitrogens is 2. The molecule has 4 heteroatoms. The Bertz CT molecular complexity index is 596. The van der Waals surface area contributed by atoms with Gasteiger partial charge in [-0.05, 0) is 38.3 Å². The average Bonchev–Trinajstić information content (AvgIpc) is 2.83. The van der Waals surface area contributed by atoms with E-state index in [-0.39, 0.29) is 0 Å². The third kappa shape index (κ3) is 2.97. The Morgan fingerprint density at radius 2 is 1.95 bits per heavy atom. The van der Waals surface area contributed by atoms with Crippen molar-refractivity contribution in [2.75, 3.05) is 6.54 Å². The van der Waals surface area contributed by atoms with Crippen molar-refractivity contribution in [2.45, 2.75) is 51.2 Å². The lowest BCUT2D eigenvalue weighted by molar-refractivity contribution is 0.148. The van der Waals surface area contributed by atoms with Crippen LogP contribution in [0.3, 0.4) is 0 Å². The first-order chi connectivity index (χ1) is 10.2. The molecule has 21 heavy (non-hydrogen) atoms. The highest BCUT2D eigenvalue weighted by atomic mass is 15.3. The number of rotatable bonds is 4. The van der Waals surface area contributed by atoms with Crippen molar-refractivity contribution in [3.05, 3.63) is 30.0 Å². The predicted octanol–water partition coefficient (Wildman–Crippen LogP) is 2.67. The first kappa shape index (κ1) is 14.5. The van der Waals surface area contributed by atoms with Gasteiger partial charge in [-0.3, -0.25) is 9.58 Å². The van der Waals surface area contributed by atoms with E-state index >= 15 is 0 Å². The van der Waals surface area contributed by atoms with E-state index in [1.165, 1.54) is 29.4 Å². The van der Waals surface area contributed by atoms with E-state index in [0.29, 0.717) is 12.1 Å². The molecule has 2 aromatic rings. The molecule has 0 bridgehead atoms. The smallest absolute Gasteiger partial charge is 0.0843 e. The standard InChI is InChI=1S/C17H26N4/c1-3-21(14-10-8-13(18)9-11-14)12-16-15-6-4-5-7-17(15)20(2)19-16/h4-7,13-14H,3,8-12,18H2,1-2H3. The topological polar surface area (TPSA) is 47.1 Å². The van der Waals surface area contributed by atoms with Gasteiger partial charge in [-0.25, -0.2) is 0 Å². The van der Waals surface area contributed by atoms with E-state index in [4.69, 9.17) is 10.8 Å². The number of benzene rings is 1. The lowest BCUT2D eigenvalue weighted by atomic mass is 9.90. The molecule has 0 spiro atoms. The highest BCUT2D eigenvalue weighted by molar-refractivity contribution is 5.81. The number of fused-ring (bicyclic) bond motifs is 1. The van der Waals surface area contributed by atoms with Gasteiger partial charge < -0.3 is 5.73 Å². The highest BCUT2D eigenvalue weighted by Crippen LogP contribution is 2.25. The van der Waals surface area contributed by atoms with Gasteiger partial charge in [0.1, 0.15) is 0 Å². The van der Waals surface area contributed by atoms with Gasteiger partial charge in [-0.15, -0.1) is 0 Å². The third-order valence-corrected chi connectivity index (χ3v) is 4.85. The minimum atomic E-state index is 0.413. The molecule has 0 amide bonds. The van der Waals surface area contributed by atoms with Crippen LogP contribution in [0.4, 0.5) is 0 Å². The molecule has 2 N–H and O–H groups in total. The van der Waals surface area contributed by atoms with Gasteiger partial charge in [0.2, 0.25) is 0 Å². The Kier molecular flexibility index (Phi) is 4.27. The number of aryl methyl sites for hydroxylation is 1. The van der Waals surface area contributed by atoms with Gasteiger partial charge in [-0.1, -0.05) is 25.1 Å². The van der Waals surface area contributed by atoms with Crippen LogP contribution >= 0.6 is 0 Å². The summed E-state index contributed by atoms with van der Waals surface area (Å²) in [5.74, 6) is 0. The van der Waals surface area contributed by atoms with Crippen LogP contribution in [0.2, 0.25) is 0 Å². The second-order valence-electron chi connectivity index (χ2n) is 6.22. The Morgan fingerprint density at radius 3 is 2.67 bits per heavy atom. The number of nitrogens with zero attached hydrogens (tertiary/aromatic N) is 3. The van der Waals surface area contributed by atoms with E-state index in [0.717, 1.165) is 25.9 Å². The minimum Gasteiger partial charge on any atom is -0.328 e. The van der Waals surface area contributed by atoms with Crippen molar-refractivity contribution >= 4 is 10.9 Å². The molecule has 1 fully saturated rings. The maximum Gasteiger partial charge on any atom is 0.0843 e. The summed E-state index contributed by atoms with van der Waals surface area (Å²) in [4.78, 5) is 2.57. The summed E-state index contributed by atoms with van der Waals surface area (Å²) in [7, 11) is 2.03. The molecular weight excluding hydrogens is 260 g/mol. The first-order valence-electron chi connectivity index (χ1n) is 8.09. The van der Waals surface area contributed by atoms with Crippen LogP contribution in [-0.4, -0.2) is 33.3 Å². The zero-order valence-electron chi connectivity index (χ0n) is 13.1. The van der Waals surface area contributed by atoms with Gasteiger partial charge in [0.25, 0.3) is 0 Å². The largest absolute Gasteiger partial charge is 0.328 e. The molecule has 3 rings (SSSR count). The Hall–Kier alpha value is -1.39. The Balaban J connectivity index is 1.79. The van der Waals surface area contributed by atoms with Crippen LogP contribution in [0.15, 0.2) is 24.3 Å². The van der Waals surface area contributed by atoms with E-state index in [9.17, 15) is 0 Å². The van der Waals surface area contributed by atoms with E-state index < -0.39 is 0 Å². The SMILES string of the molecule is CCN(Cc1nn(C)c2ccccc12)C1CCC(N)CC1. The summed E-state index contributed by atoms with van der Waals surface area (Å²) < 4.78 is 2.00. The predicted molar refractivity (Wildman–Crippen MR) is 87.0 cm³/mol. The van der Waals surface area contributed by atoms with Gasteiger partial charge in [0, 0.05) is 31.1 Å². The molecule has 1 aromatic heterocycles. The number of hydrogen-bond acceptors (Lipinski definition) is 3. The average molecular weight is 286 g/mol. The molecule has 1 saturated carbocycles. The quantitative estimate of drug-likeness (QED) is 0.940. The fourth-order valence-corrected chi connectivity index (χ4v) is 3.56. The van der Waals surface area contributed by atoms with Crippen LogP contribution in [0.25, 0.3) is 10.9 Å². The second-order valence-corrected chi connectivity index (χ2v) is 6.22. The fourth-order valence-electron chi connectivity index (χ4n) is 3.56. The number of nitrogens with two attached hydrogens (primary N) is 1. The van der Waals surface area contributed by atoms with Crippen molar-refractivity contribution in [2.24, 2.45) is 12.8 Å². The van der Waals surface area contributed by atoms with E-state index in [1.54, 1.807) is 0 Å².